The number of carboxylic acids is 1. The zero-order valence-electron chi connectivity index (χ0n) is 29.6. The molecule has 15 nitrogen and oxygen atoms in total. The van der Waals surface area contributed by atoms with Crippen LogP contribution in [0.5, 0.6) is 5.88 Å². The SMILES string of the molecule is CC.CC(=O)O.O=C(CNC(=O)[C@@H]1CCCN2C(=O)CC[C@H](NC(=O)OCc3ccccc3)C(=O)N12)COc1cc(C(F)(F)F)nn1-c1ccc(Cl)cc1. The molecule has 2 aliphatic rings. The first-order chi connectivity index (χ1) is 25.6. The van der Waals surface area contributed by atoms with Crippen molar-refractivity contribution in [1.82, 2.24) is 30.4 Å². The lowest BCUT2D eigenvalue weighted by Crippen LogP contribution is -2.63. The number of alkyl carbamates (subject to hydrolysis) is 1. The van der Waals surface area contributed by atoms with E-state index in [1.165, 1.54) is 29.3 Å². The van der Waals surface area contributed by atoms with Gasteiger partial charge in [-0.2, -0.15) is 18.3 Å². The van der Waals surface area contributed by atoms with E-state index in [0.29, 0.717) is 17.5 Å². The standard InChI is InChI=1S/C31H30ClF3N6O7.C2H4O2.C2H6/c32-20-8-10-21(11-9-20)40-27(15-25(38-40)31(33,34)35)47-18-22(42)16-36-28(44)24-7-4-14-39-26(43)13-12-23(29(45)41(24)39)37-30(46)48-17-19-5-2-1-3-6-19;1-2(3)4;1-2/h1-3,5-6,8-11,15,23-24H,4,7,12-14,16-18H2,(H,36,44)(H,37,46);1H3,(H,3,4);1-2H3/t23-,24-;;/m0../s1. The van der Waals surface area contributed by atoms with Crippen molar-refractivity contribution >= 4 is 47.2 Å². The normalized spacial score (nSPS) is 16.6. The third-order valence-electron chi connectivity index (χ3n) is 7.55. The van der Waals surface area contributed by atoms with Crippen molar-refractivity contribution in [2.24, 2.45) is 0 Å². The van der Waals surface area contributed by atoms with Gasteiger partial charge in [-0.25, -0.2) is 14.5 Å². The van der Waals surface area contributed by atoms with E-state index < -0.39 is 72.7 Å². The summed E-state index contributed by atoms with van der Waals surface area (Å²) in [4.78, 5) is 73.9. The van der Waals surface area contributed by atoms with Crippen LogP contribution in [-0.4, -0.2) is 92.3 Å². The molecular formula is C35H40ClF3N6O9. The zero-order valence-corrected chi connectivity index (χ0v) is 30.4. The molecule has 0 saturated carbocycles. The van der Waals surface area contributed by atoms with E-state index >= 15 is 0 Å². The highest BCUT2D eigenvalue weighted by Crippen LogP contribution is 2.32. The molecule has 3 aromatic rings. The second kappa shape index (κ2) is 20.0. The van der Waals surface area contributed by atoms with Gasteiger partial charge in [-0.1, -0.05) is 55.8 Å². The fraction of sp³-hybridized carbons (Fsp3) is 0.400. The number of nitrogens with zero attached hydrogens (tertiary/aromatic N) is 4. The summed E-state index contributed by atoms with van der Waals surface area (Å²) >= 11 is 5.87. The van der Waals surface area contributed by atoms with Gasteiger partial charge in [0.05, 0.1) is 12.2 Å². The minimum atomic E-state index is -4.79. The van der Waals surface area contributed by atoms with Crippen molar-refractivity contribution < 1.29 is 56.5 Å². The number of Topliss-reactive ketones (excluding diaryl/α,β-unsaturated/α-hetero) is 1. The predicted molar refractivity (Wildman–Crippen MR) is 186 cm³/mol. The summed E-state index contributed by atoms with van der Waals surface area (Å²) in [5, 5.41) is 18.4. The zero-order chi connectivity index (χ0) is 40.0. The van der Waals surface area contributed by atoms with Crippen LogP contribution in [0.1, 0.15) is 57.7 Å². The fourth-order valence-corrected chi connectivity index (χ4v) is 5.32. The number of ether oxygens (including phenoxy) is 2. The smallest absolute Gasteiger partial charge is 0.435 e. The summed E-state index contributed by atoms with van der Waals surface area (Å²) < 4.78 is 51.6. The summed E-state index contributed by atoms with van der Waals surface area (Å²) in [6, 6.07) is 12.9. The Morgan fingerprint density at radius 1 is 1.02 bits per heavy atom. The lowest BCUT2D eigenvalue weighted by Gasteiger charge is -2.42. The molecule has 54 heavy (non-hydrogen) atoms. The number of aliphatic carboxylic acids is 1. The maximum absolute atomic E-state index is 13.6. The topological polar surface area (TPSA) is 189 Å². The van der Waals surface area contributed by atoms with E-state index in [-0.39, 0.29) is 44.0 Å². The van der Waals surface area contributed by atoms with Crippen molar-refractivity contribution in [1.29, 1.82) is 0 Å². The van der Waals surface area contributed by atoms with Crippen molar-refractivity contribution in [3.63, 3.8) is 0 Å². The number of carbonyl (C=O) groups is 6. The Balaban J connectivity index is 0.00000122. The van der Waals surface area contributed by atoms with Gasteiger partial charge in [-0.15, -0.1) is 0 Å². The molecule has 5 rings (SSSR count). The monoisotopic (exact) mass is 780 g/mol. The number of nitrogens with one attached hydrogen (secondary N) is 2. The molecule has 0 spiro atoms. The molecule has 2 aliphatic heterocycles. The van der Waals surface area contributed by atoms with Gasteiger partial charge in [-0.3, -0.25) is 29.0 Å². The maximum Gasteiger partial charge on any atom is 0.435 e. The van der Waals surface area contributed by atoms with E-state index in [0.717, 1.165) is 22.2 Å². The Hall–Kier alpha value is -5.65. The van der Waals surface area contributed by atoms with Crippen LogP contribution in [0, 0.1) is 0 Å². The van der Waals surface area contributed by atoms with E-state index in [2.05, 4.69) is 15.7 Å². The number of aromatic nitrogens is 2. The summed E-state index contributed by atoms with van der Waals surface area (Å²) in [6.45, 7) is 3.91. The third kappa shape index (κ3) is 12.2. The minimum Gasteiger partial charge on any atom is -0.481 e. The molecule has 0 radical (unpaired) electrons. The van der Waals surface area contributed by atoms with Gasteiger partial charge in [-0.05, 0) is 49.1 Å². The third-order valence-corrected chi connectivity index (χ3v) is 7.80. The highest BCUT2D eigenvalue weighted by molar-refractivity contribution is 6.30. The average molecular weight is 781 g/mol. The molecule has 1 aromatic heterocycles. The second-order valence-corrected chi connectivity index (χ2v) is 11.9. The van der Waals surface area contributed by atoms with Crippen LogP contribution in [0.3, 0.4) is 0 Å². The van der Waals surface area contributed by atoms with Gasteiger partial charge < -0.3 is 25.2 Å². The van der Waals surface area contributed by atoms with Crippen LogP contribution in [0.2, 0.25) is 5.02 Å². The molecular weight excluding hydrogens is 741 g/mol. The summed E-state index contributed by atoms with van der Waals surface area (Å²) in [7, 11) is 0. The molecule has 4 amide bonds. The van der Waals surface area contributed by atoms with Crippen molar-refractivity contribution in [2.75, 3.05) is 19.7 Å². The van der Waals surface area contributed by atoms with Crippen LogP contribution in [0.25, 0.3) is 5.69 Å². The molecule has 2 aromatic carbocycles. The number of halogens is 4. The predicted octanol–water partition coefficient (Wildman–Crippen LogP) is 4.55. The minimum absolute atomic E-state index is 0.0159. The molecule has 2 fully saturated rings. The van der Waals surface area contributed by atoms with Gasteiger partial charge in [0, 0.05) is 31.0 Å². The Labute approximate surface area is 313 Å². The first-order valence-electron chi connectivity index (χ1n) is 16.8. The number of ketones is 1. The Bertz CT molecular complexity index is 1770. The summed E-state index contributed by atoms with van der Waals surface area (Å²) in [6.07, 6.45) is -5.20. The summed E-state index contributed by atoms with van der Waals surface area (Å²) in [5.41, 5.74) is -0.322. The van der Waals surface area contributed by atoms with Crippen LogP contribution in [-0.2, 0) is 41.5 Å². The number of carbonyl (C=O) groups excluding carboxylic acids is 5. The first kappa shape index (κ1) is 42.8. The number of carboxylic acid groups (broad SMARTS) is 1. The average Bonchev–Trinajstić information content (AvgIpc) is 3.55. The maximum atomic E-state index is 13.6. The molecule has 19 heteroatoms. The van der Waals surface area contributed by atoms with Gasteiger partial charge >= 0.3 is 12.3 Å². The van der Waals surface area contributed by atoms with Crippen LogP contribution >= 0.6 is 11.6 Å². The molecule has 0 aliphatic carbocycles. The number of benzene rings is 2. The van der Waals surface area contributed by atoms with E-state index in [1.54, 1.807) is 24.3 Å². The van der Waals surface area contributed by atoms with Crippen LogP contribution in [0.15, 0.2) is 60.7 Å². The molecule has 292 valence electrons. The molecule has 2 atom stereocenters. The molecule has 0 bridgehead atoms. The molecule has 2 saturated heterocycles. The van der Waals surface area contributed by atoms with Gasteiger partial charge in [0.15, 0.2) is 18.1 Å². The molecule has 3 heterocycles. The Kier molecular flexibility index (Phi) is 15.8. The number of fused-ring (bicyclic) bond motifs is 1. The van der Waals surface area contributed by atoms with Gasteiger partial charge in [0.25, 0.3) is 11.9 Å². The van der Waals surface area contributed by atoms with Crippen LogP contribution in [0.4, 0.5) is 18.0 Å². The molecule has 3 N–H and O–H groups in total. The number of alkyl halides is 3. The number of hydrazine groups is 1. The second-order valence-electron chi connectivity index (χ2n) is 11.5. The van der Waals surface area contributed by atoms with Crippen molar-refractivity contribution in [2.45, 2.75) is 71.3 Å². The Morgan fingerprint density at radius 3 is 2.30 bits per heavy atom. The van der Waals surface area contributed by atoms with Crippen molar-refractivity contribution in [3.05, 3.63) is 76.9 Å². The molecule has 0 unspecified atom stereocenters. The largest absolute Gasteiger partial charge is 0.481 e. The lowest BCUT2D eigenvalue weighted by atomic mass is 10.1. The number of rotatable bonds is 10. The first-order valence-corrected chi connectivity index (χ1v) is 17.2. The highest BCUT2D eigenvalue weighted by Gasteiger charge is 2.44. The van der Waals surface area contributed by atoms with E-state index in [1.807, 2.05) is 19.9 Å². The van der Waals surface area contributed by atoms with E-state index in [9.17, 15) is 37.1 Å². The summed E-state index contributed by atoms with van der Waals surface area (Å²) in [5.74, 6) is -3.76. The fourth-order valence-electron chi connectivity index (χ4n) is 5.19. The number of hydrogen-bond donors (Lipinski definition) is 3. The van der Waals surface area contributed by atoms with Gasteiger partial charge in [0.1, 0.15) is 18.7 Å². The highest BCUT2D eigenvalue weighted by atomic mass is 35.5. The number of amides is 4. The van der Waals surface area contributed by atoms with Crippen LogP contribution < -0.4 is 15.4 Å². The lowest BCUT2D eigenvalue weighted by molar-refractivity contribution is -0.176. The van der Waals surface area contributed by atoms with Gasteiger partial charge in [0.2, 0.25) is 17.7 Å². The number of hydrogen-bond acceptors (Lipinski definition) is 9. The quantitative estimate of drug-likeness (QED) is 0.263. The Morgan fingerprint density at radius 2 is 1.67 bits per heavy atom. The van der Waals surface area contributed by atoms with Crippen molar-refractivity contribution in [3.8, 4) is 11.6 Å². The van der Waals surface area contributed by atoms with E-state index in [4.69, 9.17) is 31.0 Å².